The highest BCUT2D eigenvalue weighted by Gasteiger charge is 2.19. The summed E-state index contributed by atoms with van der Waals surface area (Å²) >= 11 is 0. The van der Waals surface area contributed by atoms with E-state index in [1.807, 2.05) is 6.07 Å². The Morgan fingerprint density at radius 3 is 1.82 bits per heavy atom. The molecule has 0 saturated carbocycles. The lowest BCUT2D eigenvalue weighted by Crippen LogP contribution is -2.12. The molecule has 0 aromatic heterocycles. The maximum Gasteiger partial charge on any atom is 0.335 e. The number of carboxylic acid groups (broad SMARTS) is 1. The summed E-state index contributed by atoms with van der Waals surface area (Å²) in [6, 6.07) is 4.05. The fourth-order valence-electron chi connectivity index (χ4n) is 5.09. The lowest BCUT2D eigenvalue weighted by Gasteiger charge is -2.21. The molecule has 1 rings (SSSR count). The molecule has 0 bridgehead atoms. The van der Waals surface area contributed by atoms with Gasteiger partial charge in [-0.1, -0.05) is 124 Å². The third kappa shape index (κ3) is 12.6. The molecule has 0 heterocycles. The van der Waals surface area contributed by atoms with Gasteiger partial charge in [0.25, 0.3) is 0 Å². The molecule has 0 radical (unpaired) electrons. The average Bonchev–Trinajstić information content (AvgIpc) is 2.80. The first kappa shape index (κ1) is 29.7. The van der Waals surface area contributed by atoms with Gasteiger partial charge >= 0.3 is 5.97 Å². The molecule has 0 saturated heterocycles. The summed E-state index contributed by atoms with van der Waals surface area (Å²) in [5.74, 6) is -0.131. The van der Waals surface area contributed by atoms with Crippen LogP contribution in [0.1, 0.15) is 157 Å². The fourth-order valence-corrected chi connectivity index (χ4v) is 5.09. The Kier molecular flexibility index (Phi) is 17.2. The molecule has 1 atom stereocenters. The molecule has 0 aliphatic rings. The Morgan fingerprint density at radius 2 is 1.21 bits per heavy atom. The molecular formula is C31H54O2. The van der Waals surface area contributed by atoms with Crippen molar-refractivity contribution in [3.05, 3.63) is 34.4 Å². The third-order valence-electron chi connectivity index (χ3n) is 7.19. The van der Waals surface area contributed by atoms with Crippen molar-refractivity contribution in [3.63, 3.8) is 0 Å². The zero-order valence-electron chi connectivity index (χ0n) is 22.5. The van der Waals surface area contributed by atoms with Crippen molar-refractivity contribution in [1.29, 1.82) is 0 Å². The van der Waals surface area contributed by atoms with Crippen LogP contribution in [0, 0.1) is 5.92 Å². The van der Waals surface area contributed by atoms with Crippen LogP contribution in [0.2, 0.25) is 0 Å². The third-order valence-corrected chi connectivity index (χ3v) is 7.19. The average molecular weight is 459 g/mol. The minimum atomic E-state index is -0.750. The Bertz CT molecular complexity index is 634. The van der Waals surface area contributed by atoms with Crippen LogP contribution in [0.15, 0.2) is 12.1 Å². The Morgan fingerprint density at radius 1 is 0.697 bits per heavy atom. The molecule has 0 aliphatic carbocycles. The lowest BCUT2D eigenvalue weighted by atomic mass is 9.84. The highest BCUT2D eigenvalue weighted by Crippen LogP contribution is 2.28. The van der Waals surface area contributed by atoms with Gasteiger partial charge in [0.2, 0.25) is 0 Å². The van der Waals surface area contributed by atoms with Gasteiger partial charge in [0.1, 0.15) is 0 Å². The van der Waals surface area contributed by atoms with Gasteiger partial charge in [-0.3, -0.25) is 0 Å². The summed E-state index contributed by atoms with van der Waals surface area (Å²) in [6.07, 6.45) is 23.5. The molecule has 2 nitrogen and oxygen atoms in total. The van der Waals surface area contributed by atoms with E-state index in [1.165, 1.54) is 107 Å². The number of carbonyl (C=O) groups is 1. The van der Waals surface area contributed by atoms with E-state index in [0.29, 0.717) is 11.5 Å². The summed E-state index contributed by atoms with van der Waals surface area (Å²) < 4.78 is 0. The monoisotopic (exact) mass is 458 g/mol. The van der Waals surface area contributed by atoms with Gasteiger partial charge in [0, 0.05) is 0 Å². The van der Waals surface area contributed by atoms with Crippen LogP contribution in [0.4, 0.5) is 0 Å². The highest BCUT2D eigenvalue weighted by atomic mass is 16.4. The van der Waals surface area contributed by atoms with Crippen LogP contribution < -0.4 is 0 Å². The van der Waals surface area contributed by atoms with E-state index in [0.717, 1.165) is 31.2 Å². The van der Waals surface area contributed by atoms with E-state index in [2.05, 4.69) is 33.8 Å². The first-order chi connectivity index (χ1) is 16.0. The topological polar surface area (TPSA) is 37.3 Å². The molecule has 0 fully saturated rings. The molecule has 0 amide bonds. The summed E-state index contributed by atoms with van der Waals surface area (Å²) in [4.78, 5) is 12.1. The van der Waals surface area contributed by atoms with E-state index >= 15 is 0 Å². The summed E-state index contributed by atoms with van der Waals surface area (Å²) in [5, 5.41) is 9.94. The molecule has 1 unspecified atom stereocenters. The van der Waals surface area contributed by atoms with Crippen molar-refractivity contribution in [1.82, 2.24) is 0 Å². The zero-order valence-corrected chi connectivity index (χ0v) is 22.5. The normalized spacial score (nSPS) is 12.2. The van der Waals surface area contributed by atoms with Crippen molar-refractivity contribution in [2.24, 2.45) is 5.92 Å². The highest BCUT2D eigenvalue weighted by molar-refractivity contribution is 5.90. The van der Waals surface area contributed by atoms with Crippen molar-refractivity contribution >= 4 is 5.97 Å². The number of benzene rings is 1. The van der Waals surface area contributed by atoms with E-state index in [4.69, 9.17) is 0 Å². The van der Waals surface area contributed by atoms with Crippen LogP contribution >= 0.6 is 0 Å². The maximum absolute atomic E-state index is 12.1. The molecule has 0 spiro atoms. The molecule has 0 aliphatic heterocycles. The number of rotatable bonds is 21. The number of hydrogen-bond donors (Lipinski definition) is 1. The number of unbranched alkanes of at least 4 members (excludes halogenated alkanes) is 12. The van der Waals surface area contributed by atoms with E-state index in [1.54, 1.807) is 0 Å². The van der Waals surface area contributed by atoms with Gasteiger partial charge in [-0.05, 0) is 60.8 Å². The van der Waals surface area contributed by atoms with Crippen molar-refractivity contribution < 1.29 is 9.90 Å². The molecule has 190 valence electrons. The number of aryl methyl sites for hydroxylation is 1. The van der Waals surface area contributed by atoms with Gasteiger partial charge in [-0.2, -0.15) is 0 Å². The number of aromatic carboxylic acids is 1. The standard InChI is InChI=1S/C31H54O2/c1-5-8-11-14-16-17-20-26(4)25-30-27(21-18-15-12-9-6-2)23-24-29(31(32)33)28(30)22-19-13-10-7-3/h23-24,26H,5-22,25H2,1-4H3,(H,32,33). The van der Waals surface area contributed by atoms with Crippen LogP contribution in [0.5, 0.6) is 0 Å². The summed E-state index contributed by atoms with van der Waals surface area (Å²) in [6.45, 7) is 9.15. The quantitative estimate of drug-likeness (QED) is 0.186. The molecule has 1 aromatic rings. The van der Waals surface area contributed by atoms with Gasteiger partial charge in [0.05, 0.1) is 5.56 Å². The predicted octanol–water partition coefficient (Wildman–Crippen LogP) is 9.95. The van der Waals surface area contributed by atoms with Crippen molar-refractivity contribution in [2.75, 3.05) is 0 Å². The van der Waals surface area contributed by atoms with Gasteiger partial charge in [-0.25, -0.2) is 4.79 Å². The van der Waals surface area contributed by atoms with Gasteiger partial charge in [0.15, 0.2) is 0 Å². The number of hydrogen-bond acceptors (Lipinski definition) is 1. The lowest BCUT2D eigenvalue weighted by molar-refractivity contribution is 0.0695. The van der Waals surface area contributed by atoms with Crippen molar-refractivity contribution in [3.8, 4) is 0 Å². The Balaban J connectivity index is 2.94. The number of carboxylic acids is 1. The first-order valence-electron chi connectivity index (χ1n) is 14.4. The van der Waals surface area contributed by atoms with Gasteiger partial charge in [-0.15, -0.1) is 0 Å². The first-order valence-corrected chi connectivity index (χ1v) is 14.4. The van der Waals surface area contributed by atoms with Gasteiger partial charge < -0.3 is 5.11 Å². The molecule has 1 aromatic carbocycles. The minimum Gasteiger partial charge on any atom is -0.478 e. The molecular weight excluding hydrogens is 404 g/mol. The second kappa shape index (κ2) is 19.0. The summed E-state index contributed by atoms with van der Waals surface area (Å²) in [7, 11) is 0. The minimum absolute atomic E-state index is 0.558. The summed E-state index contributed by atoms with van der Waals surface area (Å²) in [5.41, 5.74) is 4.53. The second-order valence-corrected chi connectivity index (χ2v) is 10.4. The molecule has 1 N–H and O–H groups in total. The predicted molar refractivity (Wildman–Crippen MR) is 145 cm³/mol. The SMILES string of the molecule is CCCCCCCCC(C)Cc1c(CCCCCCC)ccc(C(=O)O)c1CCCCCC. The maximum atomic E-state index is 12.1. The second-order valence-electron chi connectivity index (χ2n) is 10.4. The van der Waals surface area contributed by atoms with Crippen LogP contribution in [-0.4, -0.2) is 11.1 Å². The molecule has 33 heavy (non-hydrogen) atoms. The van der Waals surface area contributed by atoms with Crippen LogP contribution in [0.3, 0.4) is 0 Å². The van der Waals surface area contributed by atoms with Crippen molar-refractivity contribution in [2.45, 2.75) is 150 Å². The van der Waals surface area contributed by atoms with E-state index in [-0.39, 0.29) is 0 Å². The Hall–Kier alpha value is -1.31. The smallest absolute Gasteiger partial charge is 0.335 e. The van der Waals surface area contributed by atoms with Crippen LogP contribution in [-0.2, 0) is 19.3 Å². The molecule has 2 heteroatoms. The zero-order chi connectivity index (χ0) is 24.3. The van der Waals surface area contributed by atoms with E-state index in [9.17, 15) is 9.90 Å². The van der Waals surface area contributed by atoms with Crippen LogP contribution in [0.25, 0.3) is 0 Å². The van der Waals surface area contributed by atoms with E-state index < -0.39 is 5.97 Å². The largest absolute Gasteiger partial charge is 0.478 e. The fraction of sp³-hybridized carbons (Fsp3) is 0.774. The Labute approximate surface area is 206 Å².